The van der Waals surface area contributed by atoms with Crippen LogP contribution < -0.4 is 0 Å². The van der Waals surface area contributed by atoms with Crippen LogP contribution in [0.25, 0.3) is 0 Å². The predicted octanol–water partition coefficient (Wildman–Crippen LogP) is 2.81. The average molecular weight is 387 g/mol. The van der Waals surface area contributed by atoms with E-state index < -0.39 is 15.8 Å². The fourth-order valence-electron chi connectivity index (χ4n) is 3.36. The van der Waals surface area contributed by atoms with Gasteiger partial charge in [0.1, 0.15) is 0 Å². The Bertz CT molecular complexity index is 949. The molecule has 0 aliphatic carbocycles. The summed E-state index contributed by atoms with van der Waals surface area (Å²) in [7, 11) is -3.29. The van der Waals surface area contributed by atoms with Crippen molar-refractivity contribution in [1.29, 1.82) is 0 Å². The highest BCUT2D eigenvalue weighted by molar-refractivity contribution is 7.90. The maximum absolute atomic E-state index is 12.8. The zero-order valence-electron chi connectivity index (χ0n) is 15.0. The first-order valence-corrected chi connectivity index (χ1v) is 10.6. The van der Waals surface area contributed by atoms with Crippen molar-refractivity contribution in [3.63, 3.8) is 0 Å². The number of sulfone groups is 1. The van der Waals surface area contributed by atoms with Crippen molar-refractivity contribution in [2.75, 3.05) is 19.3 Å². The topological polar surface area (TPSA) is 91.8 Å². The first kappa shape index (κ1) is 19.1. The summed E-state index contributed by atoms with van der Waals surface area (Å²) in [6, 6.07) is 12.8. The Balaban J connectivity index is 1.73. The number of carbonyl (C=O) groups is 2. The molecule has 0 bridgehead atoms. The molecule has 2 aromatic carbocycles. The smallest absolute Gasteiger partial charge is 0.335 e. The number of rotatable bonds is 4. The summed E-state index contributed by atoms with van der Waals surface area (Å²) in [5.74, 6) is -0.928. The van der Waals surface area contributed by atoms with Crippen LogP contribution in [-0.4, -0.2) is 49.6 Å². The Hall–Kier alpha value is -2.67. The third kappa shape index (κ3) is 4.36. The summed E-state index contributed by atoms with van der Waals surface area (Å²) in [6.07, 6.45) is 2.93. The van der Waals surface area contributed by atoms with E-state index in [1.807, 2.05) is 12.1 Å². The van der Waals surface area contributed by atoms with E-state index in [4.69, 9.17) is 5.11 Å². The van der Waals surface area contributed by atoms with Gasteiger partial charge in [-0.15, -0.1) is 0 Å². The Morgan fingerprint density at radius 3 is 2.15 bits per heavy atom. The molecule has 1 saturated heterocycles. The lowest BCUT2D eigenvalue weighted by Crippen LogP contribution is -2.39. The minimum atomic E-state index is -3.29. The van der Waals surface area contributed by atoms with Crippen LogP contribution in [0, 0.1) is 0 Å². The van der Waals surface area contributed by atoms with E-state index in [-0.39, 0.29) is 22.3 Å². The fourth-order valence-corrected chi connectivity index (χ4v) is 3.99. The standard InChI is InChI=1S/C20H21NO5S/c1-27(25,26)18-10-8-15(9-11-18)19(22)21-12-2-3-17(13-21)14-4-6-16(7-5-14)20(23)24/h4-11,17H,2-3,12-13H2,1H3,(H,23,24)/t17-/m1/s1. The number of hydrogen-bond acceptors (Lipinski definition) is 4. The SMILES string of the molecule is CS(=O)(=O)c1ccc(C(=O)N2CCC[C@@H](c3ccc(C(=O)O)cc3)C2)cc1. The van der Waals surface area contributed by atoms with Gasteiger partial charge in [-0.2, -0.15) is 0 Å². The number of carbonyl (C=O) groups excluding carboxylic acids is 1. The van der Waals surface area contributed by atoms with Gasteiger partial charge < -0.3 is 10.0 Å². The number of piperidine rings is 1. The molecular formula is C20H21NO5S. The number of likely N-dealkylation sites (tertiary alicyclic amines) is 1. The molecule has 1 atom stereocenters. The minimum Gasteiger partial charge on any atom is -0.478 e. The van der Waals surface area contributed by atoms with Crippen molar-refractivity contribution >= 4 is 21.7 Å². The second-order valence-corrected chi connectivity index (χ2v) is 8.83. The normalized spacial score (nSPS) is 17.5. The van der Waals surface area contributed by atoms with Crippen molar-refractivity contribution in [1.82, 2.24) is 4.90 Å². The highest BCUT2D eigenvalue weighted by Crippen LogP contribution is 2.28. The average Bonchev–Trinajstić information content (AvgIpc) is 2.67. The zero-order chi connectivity index (χ0) is 19.6. The van der Waals surface area contributed by atoms with E-state index in [1.165, 1.54) is 12.1 Å². The van der Waals surface area contributed by atoms with Gasteiger partial charge in [-0.3, -0.25) is 4.79 Å². The third-order valence-corrected chi connectivity index (χ3v) is 6.00. The monoisotopic (exact) mass is 387 g/mol. The summed E-state index contributed by atoms with van der Waals surface area (Å²) in [5.41, 5.74) is 1.72. The molecule has 0 aromatic heterocycles. The molecule has 2 aromatic rings. The second-order valence-electron chi connectivity index (χ2n) is 6.81. The third-order valence-electron chi connectivity index (χ3n) is 4.87. The van der Waals surface area contributed by atoms with Crippen LogP contribution in [0.15, 0.2) is 53.4 Å². The van der Waals surface area contributed by atoms with E-state index in [2.05, 4.69) is 0 Å². The largest absolute Gasteiger partial charge is 0.478 e. The first-order chi connectivity index (χ1) is 12.8. The lowest BCUT2D eigenvalue weighted by molar-refractivity contribution is 0.0693. The number of carboxylic acid groups (broad SMARTS) is 1. The molecule has 1 fully saturated rings. The summed E-state index contributed by atoms with van der Waals surface area (Å²) in [6.45, 7) is 1.20. The van der Waals surface area contributed by atoms with E-state index in [1.54, 1.807) is 29.2 Å². The summed E-state index contributed by atoms with van der Waals surface area (Å²) < 4.78 is 23.1. The van der Waals surface area contributed by atoms with Crippen molar-refractivity contribution in [2.45, 2.75) is 23.7 Å². The molecule has 1 aliphatic heterocycles. The first-order valence-electron chi connectivity index (χ1n) is 8.68. The molecule has 1 aliphatic rings. The van der Waals surface area contributed by atoms with Crippen LogP contribution in [0.5, 0.6) is 0 Å². The van der Waals surface area contributed by atoms with Crippen LogP contribution in [0.3, 0.4) is 0 Å². The Kier molecular flexibility index (Phi) is 5.32. The number of hydrogen-bond donors (Lipinski definition) is 1. The van der Waals surface area contributed by atoms with E-state index in [0.29, 0.717) is 18.7 Å². The molecular weight excluding hydrogens is 366 g/mol. The maximum Gasteiger partial charge on any atom is 0.335 e. The highest BCUT2D eigenvalue weighted by Gasteiger charge is 2.25. The molecule has 3 rings (SSSR count). The molecule has 6 nitrogen and oxygen atoms in total. The number of nitrogens with zero attached hydrogens (tertiary/aromatic N) is 1. The van der Waals surface area contributed by atoms with Gasteiger partial charge in [-0.05, 0) is 54.8 Å². The van der Waals surface area contributed by atoms with Gasteiger partial charge in [0, 0.05) is 30.8 Å². The number of benzene rings is 2. The molecule has 7 heteroatoms. The van der Waals surface area contributed by atoms with Gasteiger partial charge in [0.15, 0.2) is 9.84 Å². The van der Waals surface area contributed by atoms with Gasteiger partial charge in [-0.25, -0.2) is 13.2 Å². The summed E-state index contributed by atoms with van der Waals surface area (Å²) in [5, 5.41) is 9.01. The van der Waals surface area contributed by atoms with Crippen molar-refractivity contribution in [3.8, 4) is 0 Å². The molecule has 142 valence electrons. The van der Waals surface area contributed by atoms with E-state index in [0.717, 1.165) is 24.7 Å². The maximum atomic E-state index is 12.8. The molecule has 0 spiro atoms. The van der Waals surface area contributed by atoms with Crippen molar-refractivity contribution in [3.05, 3.63) is 65.2 Å². The lowest BCUT2D eigenvalue weighted by atomic mass is 9.90. The van der Waals surface area contributed by atoms with Gasteiger partial charge in [0.25, 0.3) is 5.91 Å². The quantitative estimate of drug-likeness (QED) is 0.871. The number of amides is 1. The Labute approximate surface area is 158 Å². The number of carboxylic acids is 1. The van der Waals surface area contributed by atoms with Crippen LogP contribution >= 0.6 is 0 Å². The highest BCUT2D eigenvalue weighted by atomic mass is 32.2. The molecule has 1 heterocycles. The predicted molar refractivity (Wildman–Crippen MR) is 101 cm³/mol. The molecule has 0 saturated carbocycles. The molecule has 0 radical (unpaired) electrons. The van der Waals surface area contributed by atoms with E-state index in [9.17, 15) is 18.0 Å². The molecule has 27 heavy (non-hydrogen) atoms. The summed E-state index contributed by atoms with van der Waals surface area (Å²) in [4.78, 5) is 25.7. The van der Waals surface area contributed by atoms with E-state index >= 15 is 0 Å². The van der Waals surface area contributed by atoms with Crippen LogP contribution in [-0.2, 0) is 9.84 Å². The second kappa shape index (κ2) is 7.52. The van der Waals surface area contributed by atoms with Crippen molar-refractivity contribution in [2.24, 2.45) is 0 Å². The molecule has 1 N–H and O–H groups in total. The Morgan fingerprint density at radius 2 is 1.59 bits per heavy atom. The molecule has 1 amide bonds. The van der Waals surface area contributed by atoms with Crippen LogP contribution in [0.1, 0.15) is 45.0 Å². The van der Waals surface area contributed by atoms with Crippen LogP contribution in [0.4, 0.5) is 0 Å². The minimum absolute atomic E-state index is 0.123. The fraction of sp³-hybridized carbons (Fsp3) is 0.300. The van der Waals surface area contributed by atoms with Gasteiger partial charge in [0.2, 0.25) is 0 Å². The van der Waals surface area contributed by atoms with Gasteiger partial charge in [-0.1, -0.05) is 12.1 Å². The molecule has 0 unspecified atom stereocenters. The number of aromatic carboxylic acids is 1. The van der Waals surface area contributed by atoms with Crippen LogP contribution in [0.2, 0.25) is 0 Å². The lowest BCUT2D eigenvalue weighted by Gasteiger charge is -2.33. The zero-order valence-corrected chi connectivity index (χ0v) is 15.8. The van der Waals surface area contributed by atoms with Gasteiger partial charge in [0.05, 0.1) is 10.5 Å². The van der Waals surface area contributed by atoms with Crippen molar-refractivity contribution < 1.29 is 23.1 Å². The Morgan fingerprint density at radius 1 is 1.00 bits per heavy atom. The summed E-state index contributed by atoms with van der Waals surface area (Å²) >= 11 is 0. The van der Waals surface area contributed by atoms with Gasteiger partial charge >= 0.3 is 5.97 Å².